The Balaban J connectivity index is 1.18. The largest absolute Gasteiger partial charge is 0.495 e. The molecule has 0 radical (unpaired) electrons. The third-order valence-corrected chi connectivity index (χ3v) is 8.09. The normalized spacial score (nSPS) is 21.1. The van der Waals surface area contributed by atoms with Crippen molar-refractivity contribution in [2.45, 2.75) is 44.2 Å². The molecule has 4 aromatic rings. The summed E-state index contributed by atoms with van der Waals surface area (Å²) in [6.07, 6.45) is 6.21. The fraction of sp³-hybridized carbons (Fsp3) is 0.464. The van der Waals surface area contributed by atoms with Gasteiger partial charge < -0.3 is 25.1 Å². The van der Waals surface area contributed by atoms with Crippen molar-refractivity contribution in [2.75, 3.05) is 51.4 Å². The van der Waals surface area contributed by atoms with Crippen molar-refractivity contribution in [2.24, 2.45) is 0 Å². The molecular formula is C28H36N8O2. The monoisotopic (exact) mass is 516 g/mol. The van der Waals surface area contributed by atoms with Crippen molar-refractivity contribution in [1.29, 1.82) is 0 Å². The summed E-state index contributed by atoms with van der Waals surface area (Å²) in [7, 11) is 3.86. The summed E-state index contributed by atoms with van der Waals surface area (Å²) in [6, 6.07) is 10.4. The van der Waals surface area contributed by atoms with E-state index in [9.17, 15) is 0 Å². The highest BCUT2D eigenvalue weighted by molar-refractivity contribution is 5.98. The van der Waals surface area contributed by atoms with Gasteiger partial charge in [-0.25, -0.2) is 9.97 Å². The average molecular weight is 517 g/mol. The van der Waals surface area contributed by atoms with Gasteiger partial charge in [0.2, 0.25) is 0 Å². The fourth-order valence-corrected chi connectivity index (χ4v) is 5.83. The molecular weight excluding hydrogens is 480 g/mol. The minimum absolute atomic E-state index is 0.330. The summed E-state index contributed by atoms with van der Waals surface area (Å²) in [5.74, 6) is 3.18. The summed E-state index contributed by atoms with van der Waals surface area (Å²) < 4.78 is 11.1. The van der Waals surface area contributed by atoms with Crippen LogP contribution in [-0.2, 0) is 6.54 Å². The summed E-state index contributed by atoms with van der Waals surface area (Å²) in [5.41, 5.74) is 9.68. The van der Waals surface area contributed by atoms with Crippen LogP contribution in [0.4, 0.5) is 11.5 Å². The first kappa shape index (κ1) is 24.7. The maximum Gasteiger partial charge on any atom is 0.161 e. The van der Waals surface area contributed by atoms with Crippen molar-refractivity contribution in [3.63, 3.8) is 0 Å². The molecule has 0 unspecified atom stereocenters. The molecule has 200 valence electrons. The summed E-state index contributed by atoms with van der Waals surface area (Å²) in [4.78, 5) is 14.8. The van der Waals surface area contributed by atoms with Crippen LogP contribution in [0.25, 0.3) is 22.3 Å². The second-order valence-corrected chi connectivity index (χ2v) is 10.5. The predicted octanol–water partition coefficient (Wildman–Crippen LogP) is 4.09. The van der Waals surface area contributed by atoms with Gasteiger partial charge in [0, 0.05) is 43.7 Å². The van der Waals surface area contributed by atoms with Crippen LogP contribution < -0.4 is 15.8 Å². The molecule has 10 nitrogen and oxygen atoms in total. The Morgan fingerprint density at radius 3 is 2.66 bits per heavy atom. The van der Waals surface area contributed by atoms with Gasteiger partial charge in [0.25, 0.3) is 0 Å². The van der Waals surface area contributed by atoms with Gasteiger partial charge in [-0.15, -0.1) is 0 Å². The second kappa shape index (κ2) is 10.6. The van der Waals surface area contributed by atoms with Gasteiger partial charge >= 0.3 is 0 Å². The van der Waals surface area contributed by atoms with Crippen LogP contribution in [0.3, 0.4) is 0 Å². The molecule has 0 atom stereocenters. The van der Waals surface area contributed by atoms with Crippen LogP contribution in [0.5, 0.6) is 5.75 Å². The minimum Gasteiger partial charge on any atom is -0.495 e. The number of anilines is 2. The SMILES string of the molecule is COc1cc(-c2n[nH]c3nc([C@H]4CC[C@H](N5CCN(C)CC5)CC4)nc(N)c23)ccc1NCc1ccco1. The molecule has 1 aliphatic heterocycles. The Bertz CT molecular complexity index is 1370. The maximum atomic E-state index is 6.53. The Labute approximate surface area is 222 Å². The molecule has 0 spiro atoms. The molecule has 3 aromatic heterocycles. The number of nitrogens with one attached hydrogen (secondary N) is 2. The van der Waals surface area contributed by atoms with Gasteiger partial charge in [-0.2, -0.15) is 5.10 Å². The molecule has 4 N–H and O–H groups in total. The zero-order valence-electron chi connectivity index (χ0n) is 22.1. The summed E-state index contributed by atoms with van der Waals surface area (Å²) in [5, 5.41) is 11.8. The van der Waals surface area contributed by atoms with Crippen molar-refractivity contribution in [3.8, 4) is 17.0 Å². The lowest BCUT2D eigenvalue weighted by Crippen LogP contribution is -2.49. The number of rotatable bonds is 7. The average Bonchev–Trinajstić information content (AvgIpc) is 3.63. The Hall–Kier alpha value is -3.63. The Morgan fingerprint density at radius 1 is 1.11 bits per heavy atom. The van der Waals surface area contributed by atoms with Crippen LogP contribution in [0, 0.1) is 0 Å². The molecule has 1 saturated heterocycles. The molecule has 6 rings (SSSR count). The highest BCUT2D eigenvalue weighted by Gasteiger charge is 2.30. The van der Waals surface area contributed by atoms with E-state index in [2.05, 4.69) is 32.4 Å². The van der Waals surface area contributed by atoms with E-state index >= 15 is 0 Å². The third-order valence-electron chi connectivity index (χ3n) is 8.09. The van der Waals surface area contributed by atoms with Gasteiger partial charge in [-0.3, -0.25) is 10.00 Å². The van der Waals surface area contributed by atoms with E-state index < -0.39 is 0 Å². The number of fused-ring (bicyclic) bond motifs is 1. The quantitative estimate of drug-likeness (QED) is 0.333. The number of methoxy groups -OCH3 is 1. The van der Waals surface area contributed by atoms with E-state index in [1.807, 2.05) is 30.3 Å². The molecule has 1 aliphatic carbocycles. The number of hydrogen-bond donors (Lipinski definition) is 3. The van der Waals surface area contributed by atoms with E-state index in [0.717, 1.165) is 59.8 Å². The predicted molar refractivity (Wildman–Crippen MR) is 148 cm³/mol. The van der Waals surface area contributed by atoms with Gasteiger partial charge in [-0.05, 0) is 57.0 Å². The first-order valence-corrected chi connectivity index (χ1v) is 13.5. The van der Waals surface area contributed by atoms with Crippen LogP contribution in [0.1, 0.15) is 43.2 Å². The van der Waals surface area contributed by atoms with Crippen LogP contribution in [0.15, 0.2) is 41.0 Å². The number of H-pyrrole nitrogens is 1. The summed E-state index contributed by atoms with van der Waals surface area (Å²) >= 11 is 0. The maximum absolute atomic E-state index is 6.53. The number of furan rings is 1. The van der Waals surface area contributed by atoms with Crippen molar-refractivity contribution in [3.05, 3.63) is 48.2 Å². The molecule has 2 aliphatic rings. The Kier molecular flexibility index (Phi) is 6.90. The third kappa shape index (κ3) is 4.93. The number of ether oxygens (including phenoxy) is 1. The molecule has 0 bridgehead atoms. The minimum atomic E-state index is 0.330. The molecule has 2 fully saturated rings. The molecule has 1 aromatic carbocycles. The van der Waals surface area contributed by atoms with Crippen molar-refractivity contribution < 1.29 is 9.15 Å². The van der Waals surface area contributed by atoms with E-state index in [4.69, 9.17) is 24.9 Å². The number of nitrogens with zero attached hydrogens (tertiary/aromatic N) is 5. The fourth-order valence-electron chi connectivity index (χ4n) is 5.83. The highest BCUT2D eigenvalue weighted by Crippen LogP contribution is 2.38. The lowest BCUT2D eigenvalue weighted by Gasteiger charge is -2.40. The van der Waals surface area contributed by atoms with Gasteiger partial charge in [-0.1, -0.05) is 6.07 Å². The second-order valence-electron chi connectivity index (χ2n) is 10.5. The van der Waals surface area contributed by atoms with Crippen LogP contribution in [0.2, 0.25) is 0 Å². The van der Waals surface area contributed by atoms with Crippen molar-refractivity contribution in [1.82, 2.24) is 30.0 Å². The van der Waals surface area contributed by atoms with E-state index in [0.29, 0.717) is 35.7 Å². The van der Waals surface area contributed by atoms with Gasteiger partial charge in [0.05, 0.1) is 31.0 Å². The Morgan fingerprint density at radius 2 is 1.92 bits per heavy atom. The topological polar surface area (TPSA) is 121 Å². The highest BCUT2D eigenvalue weighted by atomic mass is 16.5. The van der Waals surface area contributed by atoms with E-state index in [1.165, 1.54) is 25.9 Å². The molecule has 38 heavy (non-hydrogen) atoms. The van der Waals surface area contributed by atoms with Crippen LogP contribution >= 0.6 is 0 Å². The number of piperazine rings is 1. The lowest BCUT2D eigenvalue weighted by molar-refractivity contribution is 0.0873. The molecule has 4 heterocycles. The smallest absolute Gasteiger partial charge is 0.161 e. The van der Waals surface area contributed by atoms with E-state index in [1.54, 1.807) is 13.4 Å². The van der Waals surface area contributed by atoms with Gasteiger partial charge in [0.15, 0.2) is 5.65 Å². The zero-order chi connectivity index (χ0) is 26.1. The molecule has 1 saturated carbocycles. The number of hydrogen-bond acceptors (Lipinski definition) is 9. The number of likely N-dealkylation sites (N-methyl/N-ethyl adjacent to an activating group) is 1. The number of aromatic amines is 1. The first-order chi connectivity index (χ1) is 18.6. The molecule has 10 heteroatoms. The molecule has 0 amide bonds. The number of nitrogen functional groups attached to an aromatic ring is 1. The number of aromatic nitrogens is 4. The first-order valence-electron chi connectivity index (χ1n) is 13.5. The number of nitrogens with two attached hydrogens (primary N) is 1. The van der Waals surface area contributed by atoms with Crippen LogP contribution in [-0.4, -0.2) is 76.3 Å². The number of benzene rings is 1. The zero-order valence-corrected chi connectivity index (χ0v) is 22.1. The standard InChI is InChI=1S/C28H36N8O2/c1-35-11-13-36(14-12-35)20-8-5-18(6-9-20)27-31-26(29)24-25(33-34-28(24)32-27)19-7-10-22(23(16-19)37-2)30-17-21-4-3-15-38-21/h3-4,7,10,15-16,18,20,30H,5-6,8-9,11-14,17H2,1-2H3,(H3,29,31,32,33,34)/t18-,20-. The van der Waals surface area contributed by atoms with Crippen molar-refractivity contribution >= 4 is 22.5 Å². The van der Waals surface area contributed by atoms with E-state index in [-0.39, 0.29) is 0 Å². The summed E-state index contributed by atoms with van der Waals surface area (Å²) in [6.45, 7) is 5.23. The lowest BCUT2D eigenvalue weighted by atomic mass is 9.84. The van der Waals surface area contributed by atoms with Gasteiger partial charge in [0.1, 0.15) is 28.8 Å².